The van der Waals surface area contributed by atoms with Gasteiger partial charge in [0.05, 0.1) is 0 Å². The summed E-state index contributed by atoms with van der Waals surface area (Å²) in [5.74, 6) is -1.60. The summed E-state index contributed by atoms with van der Waals surface area (Å²) in [4.78, 5) is 22.4. The standard InChI is InChI=1S/C13H22O4/c1-4-5-7-12-8-6-9-13(12,16-10(2)14)17-11(3)15/h12H,4-9H2,1-3H3. The first-order valence-electron chi connectivity index (χ1n) is 6.39. The minimum Gasteiger partial charge on any atom is -0.422 e. The van der Waals surface area contributed by atoms with Gasteiger partial charge in [0.2, 0.25) is 0 Å². The molecule has 4 nitrogen and oxygen atoms in total. The van der Waals surface area contributed by atoms with Crippen LogP contribution in [0.15, 0.2) is 0 Å². The molecule has 0 N–H and O–H groups in total. The molecule has 1 atom stereocenters. The van der Waals surface area contributed by atoms with Crippen molar-refractivity contribution in [3.05, 3.63) is 0 Å². The average Bonchev–Trinajstić information content (AvgIpc) is 2.55. The summed E-state index contributed by atoms with van der Waals surface area (Å²) in [6.07, 6.45) is 5.62. The Morgan fingerprint density at radius 3 is 2.29 bits per heavy atom. The van der Waals surface area contributed by atoms with Crippen molar-refractivity contribution in [1.82, 2.24) is 0 Å². The second kappa shape index (κ2) is 6.03. The predicted molar refractivity (Wildman–Crippen MR) is 63.1 cm³/mol. The minimum atomic E-state index is -0.993. The Balaban J connectivity index is 2.78. The van der Waals surface area contributed by atoms with E-state index in [1.807, 2.05) is 0 Å². The number of unbranched alkanes of at least 4 members (excludes halogenated alkanes) is 1. The second-order valence-electron chi connectivity index (χ2n) is 4.73. The van der Waals surface area contributed by atoms with E-state index in [9.17, 15) is 9.59 Å². The molecule has 0 aliphatic heterocycles. The number of hydrogen-bond acceptors (Lipinski definition) is 4. The molecule has 98 valence electrons. The molecule has 0 bridgehead atoms. The van der Waals surface area contributed by atoms with Gasteiger partial charge in [0.25, 0.3) is 5.79 Å². The maximum Gasteiger partial charge on any atom is 0.305 e. The summed E-state index contributed by atoms with van der Waals surface area (Å²) >= 11 is 0. The van der Waals surface area contributed by atoms with Crippen molar-refractivity contribution in [3.63, 3.8) is 0 Å². The van der Waals surface area contributed by atoms with E-state index in [1.165, 1.54) is 13.8 Å². The summed E-state index contributed by atoms with van der Waals surface area (Å²) in [5.41, 5.74) is 0. The highest BCUT2D eigenvalue weighted by molar-refractivity contribution is 5.69. The third-order valence-corrected chi connectivity index (χ3v) is 3.24. The molecule has 17 heavy (non-hydrogen) atoms. The second-order valence-corrected chi connectivity index (χ2v) is 4.73. The number of carbonyl (C=O) groups excluding carboxylic acids is 2. The molecular weight excluding hydrogens is 220 g/mol. The summed E-state index contributed by atoms with van der Waals surface area (Å²) in [6, 6.07) is 0. The zero-order valence-corrected chi connectivity index (χ0v) is 11.0. The van der Waals surface area contributed by atoms with E-state index in [-0.39, 0.29) is 17.9 Å². The molecule has 1 aliphatic rings. The molecule has 1 rings (SSSR count). The lowest BCUT2D eigenvalue weighted by molar-refractivity contribution is -0.239. The van der Waals surface area contributed by atoms with Crippen molar-refractivity contribution < 1.29 is 19.1 Å². The Morgan fingerprint density at radius 1 is 1.24 bits per heavy atom. The van der Waals surface area contributed by atoms with Gasteiger partial charge < -0.3 is 9.47 Å². The fourth-order valence-corrected chi connectivity index (χ4v) is 2.61. The minimum absolute atomic E-state index is 0.148. The van der Waals surface area contributed by atoms with Crippen LogP contribution >= 0.6 is 0 Å². The molecule has 1 fully saturated rings. The van der Waals surface area contributed by atoms with Crippen LogP contribution in [0.4, 0.5) is 0 Å². The monoisotopic (exact) mass is 242 g/mol. The van der Waals surface area contributed by atoms with E-state index in [1.54, 1.807) is 0 Å². The van der Waals surface area contributed by atoms with E-state index >= 15 is 0 Å². The van der Waals surface area contributed by atoms with Gasteiger partial charge >= 0.3 is 11.9 Å². The van der Waals surface area contributed by atoms with Crippen LogP contribution in [0.5, 0.6) is 0 Å². The Hall–Kier alpha value is -1.06. The third-order valence-electron chi connectivity index (χ3n) is 3.24. The zero-order chi connectivity index (χ0) is 12.9. The first kappa shape index (κ1) is 14.0. The summed E-state index contributed by atoms with van der Waals surface area (Å²) in [7, 11) is 0. The van der Waals surface area contributed by atoms with E-state index < -0.39 is 5.79 Å². The smallest absolute Gasteiger partial charge is 0.305 e. The van der Waals surface area contributed by atoms with E-state index in [0.717, 1.165) is 32.1 Å². The predicted octanol–water partition coefficient (Wildman–Crippen LogP) is 2.80. The van der Waals surface area contributed by atoms with Crippen molar-refractivity contribution in [2.45, 2.75) is 65.1 Å². The topological polar surface area (TPSA) is 52.6 Å². The van der Waals surface area contributed by atoms with Crippen LogP contribution in [-0.4, -0.2) is 17.7 Å². The largest absolute Gasteiger partial charge is 0.422 e. The zero-order valence-electron chi connectivity index (χ0n) is 11.0. The van der Waals surface area contributed by atoms with Gasteiger partial charge in [0.15, 0.2) is 0 Å². The molecule has 4 heteroatoms. The highest BCUT2D eigenvalue weighted by atomic mass is 16.7. The number of rotatable bonds is 5. The lowest BCUT2D eigenvalue weighted by Gasteiger charge is -2.33. The van der Waals surface area contributed by atoms with Crippen molar-refractivity contribution in [1.29, 1.82) is 0 Å². The van der Waals surface area contributed by atoms with Crippen molar-refractivity contribution in [2.24, 2.45) is 5.92 Å². The van der Waals surface area contributed by atoms with Crippen LogP contribution in [0, 0.1) is 5.92 Å². The molecule has 0 heterocycles. The van der Waals surface area contributed by atoms with Crippen LogP contribution < -0.4 is 0 Å². The van der Waals surface area contributed by atoms with Crippen molar-refractivity contribution in [3.8, 4) is 0 Å². The number of carbonyl (C=O) groups is 2. The quantitative estimate of drug-likeness (QED) is 0.549. The van der Waals surface area contributed by atoms with Gasteiger partial charge in [-0.15, -0.1) is 0 Å². The number of esters is 2. The van der Waals surface area contributed by atoms with E-state index in [0.29, 0.717) is 6.42 Å². The van der Waals surface area contributed by atoms with Crippen LogP contribution in [-0.2, 0) is 19.1 Å². The molecule has 1 aliphatic carbocycles. The highest BCUT2D eigenvalue weighted by Crippen LogP contribution is 2.42. The Bertz CT molecular complexity index is 269. The highest BCUT2D eigenvalue weighted by Gasteiger charge is 2.48. The van der Waals surface area contributed by atoms with Crippen molar-refractivity contribution in [2.75, 3.05) is 0 Å². The lowest BCUT2D eigenvalue weighted by Crippen LogP contribution is -2.42. The molecule has 0 aromatic heterocycles. The van der Waals surface area contributed by atoms with Crippen LogP contribution in [0.25, 0.3) is 0 Å². The number of hydrogen-bond donors (Lipinski definition) is 0. The van der Waals surface area contributed by atoms with Gasteiger partial charge in [-0.25, -0.2) is 0 Å². The molecule has 0 aromatic carbocycles. The summed E-state index contributed by atoms with van der Waals surface area (Å²) in [5, 5.41) is 0. The van der Waals surface area contributed by atoms with Gasteiger partial charge in [0.1, 0.15) is 0 Å². The van der Waals surface area contributed by atoms with Gasteiger partial charge in [0, 0.05) is 26.2 Å². The first-order chi connectivity index (χ1) is 8.00. The van der Waals surface area contributed by atoms with Crippen LogP contribution in [0.2, 0.25) is 0 Å². The molecule has 1 saturated carbocycles. The third kappa shape index (κ3) is 3.72. The first-order valence-corrected chi connectivity index (χ1v) is 6.39. The molecule has 0 spiro atoms. The molecule has 1 unspecified atom stereocenters. The van der Waals surface area contributed by atoms with Crippen LogP contribution in [0.3, 0.4) is 0 Å². The molecule has 0 amide bonds. The fraction of sp³-hybridized carbons (Fsp3) is 0.846. The Labute approximate surface area is 103 Å². The lowest BCUT2D eigenvalue weighted by atomic mass is 9.95. The Kier molecular flexibility index (Phi) is 4.97. The van der Waals surface area contributed by atoms with Gasteiger partial charge in [-0.3, -0.25) is 9.59 Å². The van der Waals surface area contributed by atoms with Gasteiger partial charge in [-0.1, -0.05) is 19.8 Å². The average molecular weight is 242 g/mol. The van der Waals surface area contributed by atoms with Crippen LogP contribution in [0.1, 0.15) is 59.3 Å². The fourth-order valence-electron chi connectivity index (χ4n) is 2.61. The molecule has 0 radical (unpaired) electrons. The summed E-state index contributed by atoms with van der Waals surface area (Å²) in [6.45, 7) is 4.84. The molecule has 0 aromatic rings. The normalized spacial score (nSPS) is 22.2. The van der Waals surface area contributed by atoms with Gasteiger partial charge in [-0.2, -0.15) is 0 Å². The summed E-state index contributed by atoms with van der Waals surface area (Å²) < 4.78 is 10.7. The van der Waals surface area contributed by atoms with Gasteiger partial charge in [-0.05, 0) is 19.3 Å². The Morgan fingerprint density at radius 2 is 1.82 bits per heavy atom. The SMILES string of the molecule is CCCCC1CCCC1(OC(C)=O)OC(C)=O. The van der Waals surface area contributed by atoms with E-state index in [2.05, 4.69) is 6.92 Å². The molecule has 0 saturated heterocycles. The maximum atomic E-state index is 11.2. The maximum absolute atomic E-state index is 11.2. The van der Waals surface area contributed by atoms with Crippen molar-refractivity contribution >= 4 is 11.9 Å². The number of ether oxygens (including phenoxy) is 2. The molecular formula is C13H22O4. The van der Waals surface area contributed by atoms with E-state index in [4.69, 9.17) is 9.47 Å².